The van der Waals surface area contributed by atoms with Crippen LogP contribution in [0.2, 0.25) is 0 Å². The quantitative estimate of drug-likeness (QED) is 0.541. The molecule has 2 aromatic rings. The molecule has 1 aromatic heterocycles. The smallest absolute Gasteiger partial charge is 0.246 e. The number of amides is 3. The van der Waals surface area contributed by atoms with Crippen LogP contribution >= 0.6 is 11.3 Å². The standard InChI is InChI=1S/C26H36N4O4S/c1-7-21(32)29-22(26(4,5)6)25(34)30-13-19(31)12-20(30)23(33)28-16(3)17-8-10-18(11-9-17)24-27-15(2)14-35-24/h8-11,14,16,19-20,22,31H,7,12-13H2,1-6H3,(H,28,33)(H,29,32)/t16-,19+,20-,22+/m0/s1. The summed E-state index contributed by atoms with van der Waals surface area (Å²) in [4.78, 5) is 44.7. The van der Waals surface area contributed by atoms with Crippen LogP contribution in [0.5, 0.6) is 0 Å². The van der Waals surface area contributed by atoms with Crippen LogP contribution in [0, 0.1) is 12.3 Å². The molecule has 3 amide bonds. The Morgan fingerprint density at radius 2 is 1.86 bits per heavy atom. The zero-order chi connectivity index (χ0) is 25.9. The molecule has 1 aliphatic heterocycles. The number of rotatable bonds is 7. The van der Waals surface area contributed by atoms with Gasteiger partial charge in [-0.25, -0.2) is 4.98 Å². The zero-order valence-electron chi connectivity index (χ0n) is 21.3. The summed E-state index contributed by atoms with van der Waals surface area (Å²) < 4.78 is 0. The van der Waals surface area contributed by atoms with E-state index in [0.717, 1.165) is 21.8 Å². The van der Waals surface area contributed by atoms with Crippen LogP contribution < -0.4 is 10.6 Å². The summed E-state index contributed by atoms with van der Waals surface area (Å²) in [6.45, 7) is 11.2. The summed E-state index contributed by atoms with van der Waals surface area (Å²) in [5, 5.41) is 19.0. The number of nitrogens with zero attached hydrogens (tertiary/aromatic N) is 2. The lowest BCUT2D eigenvalue weighted by Crippen LogP contribution is -2.57. The van der Waals surface area contributed by atoms with Crippen molar-refractivity contribution in [2.24, 2.45) is 5.41 Å². The summed E-state index contributed by atoms with van der Waals surface area (Å²) in [6.07, 6.45) is -0.385. The number of carbonyl (C=O) groups is 3. The van der Waals surface area contributed by atoms with Crippen LogP contribution in [0.25, 0.3) is 10.6 Å². The molecule has 1 saturated heterocycles. The van der Waals surface area contributed by atoms with Gasteiger partial charge in [0.05, 0.1) is 12.1 Å². The third-order valence-electron chi connectivity index (χ3n) is 6.24. The van der Waals surface area contributed by atoms with Gasteiger partial charge in [0.25, 0.3) is 0 Å². The Hall–Kier alpha value is -2.78. The predicted octanol–water partition coefficient (Wildman–Crippen LogP) is 3.20. The fourth-order valence-electron chi connectivity index (χ4n) is 4.18. The maximum absolute atomic E-state index is 13.4. The number of aliphatic hydroxyl groups excluding tert-OH is 1. The second-order valence-corrected chi connectivity index (χ2v) is 11.1. The monoisotopic (exact) mass is 500 g/mol. The molecule has 8 nitrogen and oxygen atoms in total. The zero-order valence-corrected chi connectivity index (χ0v) is 22.1. The highest BCUT2D eigenvalue weighted by Gasteiger charge is 2.44. The molecule has 1 aromatic carbocycles. The molecule has 3 N–H and O–H groups in total. The van der Waals surface area contributed by atoms with Gasteiger partial charge >= 0.3 is 0 Å². The minimum Gasteiger partial charge on any atom is -0.391 e. The molecule has 4 atom stereocenters. The highest BCUT2D eigenvalue weighted by Crippen LogP contribution is 2.28. The van der Waals surface area contributed by atoms with Crippen LogP contribution in [0.3, 0.4) is 0 Å². The first-order chi connectivity index (χ1) is 16.4. The first-order valence-electron chi connectivity index (χ1n) is 12.0. The number of benzene rings is 1. The Morgan fingerprint density at radius 1 is 1.20 bits per heavy atom. The molecule has 0 radical (unpaired) electrons. The van der Waals surface area contributed by atoms with E-state index >= 15 is 0 Å². The number of likely N-dealkylation sites (tertiary alicyclic amines) is 1. The molecular weight excluding hydrogens is 464 g/mol. The maximum atomic E-state index is 13.4. The largest absolute Gasteiger partial charge is 0.391 e. The summed E-state index contributed by atoms with van der Waals surface area (Å²) in [6, 6.07) is 5.99. The number of hydrogen-bond acceptors (Lipinski definition) is 6. The van der Waals surface area contributed by atoms with Crippen LogP contribution in [0.15, 0.2) is 29.6 Å². The van der Waals surface area contributed by atoms with E-state index in [1.807, 2.05) is 64.3 Å². The second kappa shape index (κ2) is 10.9. The molecule has 0 aliphatic carbocycles. The molecule has 0 unspecified atom stereocenters. The summed E-state index contributed by atoms with van der Waals surface area (Å²) >= 11 is 1.59. The Labute approximate surface area is 211 Å². The van der Waals surface area contributed by atoms with Gasteiger partial charge in [-0.15, -0.1) is 11.3 Å². The van der Waals surface area contributed by atoms with Crippen LogP contribution in [-0.2, 0) is 14.4 Å². The Kier molecular flexibility index (Phi) is 8.33. The van der Waals surface area contributed by atoms with E-state index in [0.29, 0.717) is 0 Å². The number of β-amino-alcohol motifs (C(OH)–C–C–N with tert-alkyl or cyclic N) is 1. The van der Waals surface area contributed by atoms with Crippen LogP contribution in [-0.4, -0.2) is 57.4 Å². The van der Waals surface area contributed by atoms with Crippen molar-refractivity contribution in [1.29, 1.82) is 0 Å². The van der Waals surface area contributed by atoms with Gasteiger partial charge < -0.3 is 20.6 Å². The van der Waals surface area contributed by atoms with Crippen molar-refractivity contribution in [3.63, 3.8) is 0 Å². The SMILES string of the molecule is CCC(=O)N[C@H](C(=O)N1C[C@H](O)C[C@H]1C(=O)N[C@@H](C)c1ccc(-c2nc(C)cs2)cc1)C(C)(C)C. The lowest BCUT2D eigenvalue weighted by molar-refractivity contribution is -0.144. The number of aromatic nitrogens is 1. The number of aliphatic hydroxyl groups is 1. The topological polar surface area (TPSA) is 112 Å². The van der Waals surface area contributed by atoms with Gasteiger partial charge in [0.1, 0.15) is 17.1 Å². The molecule has 35 heavy (non-hydrogen) atoms. The first kappa shape index (κ1) is 26.8. The molecule has 9 heteroatoms. The van der Waals surface area contributed by atoms with E-state index in [9.17, 15) is 19.5 Å². The van der Waals surface area contributed by atoms with Crippen LogP contribution in [0.4, 0.5) is 0 Å². The number of aryl methyl sites for hydroxylation is 1. The predicted molar refractivity (Wildman–Crippen MR) is 137 cm³/mol. The van der Waals surface area contributed by atoms with Crippen molar-refractivity contribution in [2.45, 2.75) is 78.6 Å². The molecule has 1 aliphatic rings. The van der Waals surface area contributed by atoms with E-state index in [4.69, 9.17) is 0 Å². The molecule has 2 heterocycles. The van der Waals surface area contributed by atoms with Crippen molar-refractivity contribution < 1.29 is 19.5 Å². The van der Waals surface area contributed by atoms with E-state index < -0.39 is 23.6 Å². The lowest BCUT2D eigenvalue weighted by atomic mass is 9.85. The minimum absolute atomic E-state index is 0.0573. The lowest BCUT2D eigenvalue weighted by Gasteiger charge is -2.35. The fourth-order valence-corrected chi connectivity index (χ4v) is 4.98. The van der Waals surface area contributed by atoms with Gasteiger partial charge in [-0.3, -0.25) is 14.4 Å². The average molecular weight is 501 g/mol. The van der Waals surface area contributed by atoms with Crippen molar-refractivity contribution in [2.75, 3.05) is 6.54 Å². The number of thiazole rings is 1. The normalized spacial score (nSPS) is 19.8. The van der Waals surface area contributed by atoms with Gasteiger partial charge in [0.15, 0.2) is 0 Å². The number of carbonyl (C=O) groups excluding carboxylic acids is 3. The van der Waals surface area contributed by atoms with Gasteiger partial charge in [-0.05, 0) is 24.8 Å². The number of hydrogen-bond donors (Lipinski definition) is 3. The summed E-state index contributed by atoms with van der Waals surface area (Å²) in [5.74, 6) is -0.910. The van der Waals surface area contributed by atoms with Crippen molar-refractivity contribution in [3.8, 4) is 10.6 Å². The van der Waals surface area contributed by atoms with Crippen molar-refractivity contribution in [3.05, 3.63) is 40.9 Å². The molecule has 0 bridgehead atoms. The molecule has 1 fully saturated rings. The molecular formula is C26H36N4O4S. The third-order valence-corrected chi connectivity index (χ3v) is 7.25. The van der Waals surface area contributed by atoms with E-state index in [1.165, 1.54) is 4.90 Å². The Balaban J connectivity index is 1.72. The maximum Gasteiger partial charge on any atom is 0.246 e. The molecule has 0 saturated carbocycles. The van der Waals surface area contributed by atoms with E-state index in [1.54, 1.807) is 18.3 Å². The minimum atomic E-state index is -0.805. The van der Waals surface area contributed by atoms with Crippen LogP contribution in [0.1, 0.15) is 64.8 Å². The highest BCUT2D eigenvalue weighted by molar-refractivity contribution is 7.13. The average Bonchev–Trinajstić information content (AvgIpc) is 3.41. The molecule has 3 rings (SSSR count). The second-order valence-electron chi connectivity index (χ2n) is 10.3. The summed E-state index contributed by atoms with van der Waals surface area (Å²) in [5.41, 5.74) is 2.37. The fraction of sp³-hybridized carbons (Fsp3) is 0.538. The van der Waals surface area contributed by atoms with Crippen molar-refractivity contribution in [1.82, 2.24) is 20.5 Å². The highest BCUT2D eigenvalue weighted by atomic mass is 32.1. The first-order valence-corrected chi connectivity index (χ1v) is 12.9. The summed E-state index contributed by atoms with van der Waals surface area (Å²) in [7, 11) is 0. The van der Waals surface area contributed by atoms with Gasteiger partial charge in [0.2, 0.25) is 17.7 Å². The van der Waals surface area contributed by atoms with Gasteiger partial charge in [0, 0.05) is 36.0 Å². The van der Waals surface area contributed by atoms with Gasteiger partial charge in [-0.1, -0.05) is 52.0 Å². The number of nitrogens with one attached hydrogen (secondary N) is 2. The Bertz CT molecular complexity index is 1060. The Morgan fingerprint density at radius 3 is 2.40 bits per heavy atom. The van der Waals surface area contributed by atoms with E-state index in [2.05, 4.69) is 15.6 Å². The molecule has 190 valence electrons. The molecule has 0 spiro atoms. The van der Waals surface area contributed by atoms with E-state index in [-0.39, 0.29) is 43.1 Å². The van der Waals surface area contributed by atoms with Crippen molar-refractivity contribution >= 4 is 29.1 Å². The third kappa shape index (κ3) is 6.46. The van der Waals surface area contributed by atoms with Gasteiger partial charge in [-0.2, -0.15) is 0 Å².